The molecule has 8 heteroatoms. The van der Waals surface area contributed by atoms with Crippen molar-refractivity contribution in [2.45, 2.75) is 0 Å². The van der Waals surface area contributed by atoms with Crippen molar-refractivity contribution in [3.8, 4) is 22.6 Å². The van der Waals surface area contributed by atoms with Gasteiger partial charge >= 0.3 is 0 Å². The fourth-order valence-corrected chi connectivity index (χ4v) is 3.99. The highest BCUT2D eigenvalue weighted by Gasteiger charge is 2.19. The zero-order valence-electron chi connectivity index (χ0n) is 16.7. The molecule has 1 aliphatic rings. The minimum atomic E-state index is 0.512. The molecule has 4 heterocycles. The number of nitrogens with zero attached hydrogens (tertiary/aromatic N) is 5. The van der Waals surface area contributed by atoms with Gasteiger partial charge in [0.2, 0.25) is 0 Å². The number of anilines is 2. The van der Waals surface area contributed by atoms with Gasteiger partial charge in [-0.15, -0.1) is 0 Å². The van der Waals surface area contributed by atoms with Crippen LogP contribution in [0.2, 0.25) is 10.0 Å². The lowest BCUT2D eigenvalue weighted by atomic mass is 10.2. The SMILES string of the molecule is Clc1ccc(-c2c[nH]c(-c3ccc(N4CCN(c5ccccn5)CC4)nc3)n2)cc1Cl. The first-order valence-electron chi connectivity index (χ1n) is 10.1. The fraction of sp³-hybridized carbons (Fsp3) is 0.174. The Labute approximate surface area is 190 Å². The summed E-state index contributed by atoms with van der Waals surface area (Å²) >= 11 is 12.1. The van der Waals surface area contributed by atoms with E-state index in [1.165, 1.54) is 0 Å². The van der Waals surface area contributed by atoms with Crippen LogP contribution in [-0.2, 0) is 0 Å². The molecule has 1 fully saturated rings. The fourth-order valence-electron chi connectivity index (χ4n) is 3.69. The van der Waals surface area contributed by atoms with Crippen LogP contribution >= 0.6 is 23.2 Å². The summed E-state index contributed by atoms with van der Waals surface area (Å²) in [7, 11) is 0. The third-order valence-electron chi connectivity index (χ3n) is 5.39. The van der Waals surface area contributed by atoms with Crippen molar-refractivity contribution >= 4 is 34.8 Å². The van der Waals surface area contributed by atoms with E-state index in [-0.39, 0.29) is 0 Å². The molecule has 31 heavy (non-hydrogen) atoms. The highest BCUT2D eigenvalue weighted by atomic mass is 35.5. The van der Waals surface area contributed by atoms with Crippen LogP contribution in [-0.4, -0.2) is 46.1 Å². The highest BCUT2D eigenvalue weighted by Crippen LogP contribution is 2.29. The van der Waals surface area contributed by atoms with Crippen LogP contribution in [0.3, 0.4) is 0 Å². The number of halogens is 2. The number of rotatable bonds is 4. The van der Waals surface area contributed by atoms with Gasteiger partial charge in [0.15, 0.2) is 0 Å². The molecule has 6 nitrogen and oxygen atoms in total. The zero-order valence-corrected chi connectivity index (χ0v) is 18.2. The third kappa shape index (κ3) is 4.22. The lowest BCUT2D eigenvalue weighted by Crippen LogP contribution is -2.47. The smallest absolute Gasteiger partial charge is 0.139 e. The molecule has 0 radical (unpaired) electrons. The molecule has 156 valence electrons. The maximum absolute atomic E-state index is 6.13. The molecule has 0 bridgehead atoms. The molecule has 1 saturated heterocycles. The van der Waals surface area contributed by atoms with Gasteiger partial charge in [-0.3, -0.25) is 0 Å². The second-order valence-electron chi connectivity index (χ2n) is 7.33. The number of benzene rings is 1. The molecule has 0 aliphatic carbocycles. The number of nitrogens with one attached hydrogen (secondary N) is 1. The van der Waals surface area contributed by atoms with Gasteiger partial charge in [0.25, 0.3) is 0 Å². The molecule has 0 atom stereocenters. The Morgan fingerprint density at radius 1 is 0.774 bits per heavy atom. The van der Waals surface area contributed by atoms with Crippen LogP contribution in [0.1, 0.15) is 0 Å². The van der Waals surface area contributed by atoms with Gasteiger partial charge in [-0.05, 0) is 36.4 Å². The van der Waals surface area contributed by atoms with Crippen molar-refractivity contribution in [1.29, 1.82) is 0 Å². The second kappa shape index (κ2) is 8.57. The van der Waals surface area contributed by atoms with Crippen molar-refractivity contribution < 1.29 is 0 Å². The predicted octanol–water partition coefficient (Wildman–Crippen LogP) is 5.17. The summed E-state index contributed by atoms with van der Waals surface area (Å²) in [5, 5.41) is 1.04. The Morgan fingerprint density at radius 3 is 2.16 bits per heavy atom. The Hall–Kier alpha value is -3.09. The van der Waals surface area contributed by atoms with Crippen molar-refractivity contribution in [3.63, 3.8) is 0 Å². The number of imidazole rings is 1. The third-order valence-corrected chi connectivity index (χ3v) is 6.13. The molecular formula is C23H20Cl2N6. The van der Waals surface area contributed by atoms with Gasteiger partial charge in [-0.25, -0.2) is 15.0 Å². The number of hydrogen-bond acceptors (Lipinski definition) is 5. The Morgan fingerprint density at radius 2 is 1.52 bits per heavy atom. The van der Waals surface area contributed by atoms with E-state index in [0.29, 0.717) is 10.0 Å². The van der Waals surface area contributed by atoms with Crippen LogP contribution in [0.15, 0.2) is 67.1 Å². The summed E-state index contributed by atoms with van der Waals surface area (Å²) in [6, 6.07) is 15.6. The minimum absolute atomic E-state index is 0.512. The van der Waals surface area contributed by atoms with Gasteiger partial charge in [0.05, 0.1) is 15.7 Å². The number of aromatic nitrogens is 4. The van der Waals surface area contributed by atoms with Gasteiger partial charge in [-0.2, -0.15) is 0 Å². The number of pyridine rings is 2. The van der Waals surface area contributed by atoms with Crippen molar-refractivity contribution in [2.24, 2.45) is 0 Å². The Kier molecular flexibility index (Phi) is 5.49. The molecule has 0 amide bonds. The minimum Gasteiger partial charge on any atom is -0.353 e. The number of H-pyrrole nitrogens is 1. The summed E-state index contributed by atoms with van der Waals surface area (Å²) < 4.78 is 0. The van der Waals surface area contributed by atoms with Gasteiger partial charge in [-0.1, -0.05) is 35.3 Å². The number of hydrogen-bond donors (Lipinski definition) is 1. The maximum Gasteiger partial charge on any atom is 0.139 e. The number of piperazine rings is 1. The molecular weight excluding hydrogens is 431 g/mol. The van der Waals surface area contributed by atoms with E-state index in [1.54, 1.807) is 6.07 Å². The normalized spacial score (nSPS) is 14.1. The summed E-state index contributed by atoms with van der Waals surface area (Å²) in [4.78, 5) is 21.6. The van der Waals surface area contributed by atoms with Crippen LogP contribution < -0.4 is 9.80 Å². The number of aromatic amines is 1. The highest BCUT2D eigenvalue weighted by molar-refractivity contribution is 6.42. The molecule has 0 saturated carbocycles. The van der Waals surface area contributed by atoms with Gasteiger partial charge in [0, 0.05) is 55.9 Å². The molecule has 5 rings (SSSR count). The molecule has 1 aromatic carbocycles. The van der Waals surface area contributed by atoms with E-state index in [2.05, 4.69) is 35.8 Å². The van der Waals surface area contributed by atoms with E-state index in [4.69, 9.17) is 23.2 Å². The van der Waals surface area contributed by atoms with E-state index in [9.17, 15) is 0 Å². The lowest BCUT2D eigenvalue weighted by Gasteiger charge is -2.36. The zero-order chi connectivity index (χ0) is 21.2. The Bertz CT molecular complexity index is 1170. The van der Waals surface area contributed by atoms with Crippen molar-refractivity contribution in [1.82, 2.24) is 19.9 Å². The second-order valence-corrected chi connectivity index (χ2v) is 8.14. The van der Waals surface area contributed by atoms with E-state index < -0.39 is 0 Å². The quantitative estimate of drug-likeness (QED) is 0.464. The summed E-state index contributed by atoms with van der Waals surface area (Å²) in [6.07, 6.45) is 5.56. The molecule has 0 unspecified atom stereocenters. The summed E-state index contributed by atoms with van der Waals surface area (Å²) in [5.74, 6) is 2.77. The van der Waals surface area contributed by atoms with E-state index in [0.717, 1.165) is 60.5 Å². The van der Waals surface area contributed by atoms with Crippen LogP contribution in [0.4, 0.5) is 11.6 Å². The first-order valence-corrected chi connectivity index (χ1v) is 10.8. The van der Waals surface area contributed by atoms with Crippen molar-refractivity contribution in [3.05, 3.63) is 77.2 Å². The molecule has 4 aromatic rings. The monoisotopic (exact) mass is 450 g/mol. The van der Waals surface area contributed by atoms with Crippen LogP contribution in [0.5, 0.6) is 0 Å². The molecule has 1 aliphatic heterocycles. The average Bonchev–Trinajstić information content (AvgIpc) is 3.32. The summed E-state index contributed by atoms with van der Waals surface area (Å²) in [6.45, 7) is 3.66. The van der Waals surface area contributed by atoms with E-state index in [1.807, 2.05) is 55.0 Å². The standard InChI is InChI=1S/C23H20Cl2N6/c24-18-6-4-16(13-19(18)25)20-15-28-23(29-20)17-5-7-22(27-14-17)31-11-9-30(10-12-31)21-3-1-2-8-26-21/h1-8,13-15H,9-12H2,(H,28,29). The molecule has 0 spiro atoms. The van der Waals surface area contributed by atoms with Gasteiger partial charge < -0.3 is 14.8 Å². The molecule has 1 N–H and O–H groups in total. The lowest BCUT2D eigenvalue weighted by molar-refractivity contribution is 0.642. The summed E-state index contributed by atoms with van der Waals surface area (Å²) in [5.41, 5.74) is 2.65. The van der Waals surface area contributed by atoms with Crippen LogP contribution in [0, 0.1) is 0 Å². The average molecular weight is 451 g/mol. The van der Waals surface area contributed by atoms with Gasteiger partial charge in [0.1, 0.15) is 17.5 Å². The molecule has 3 aromatic heterocycles. The first-order chi connectivity index (χ1) is 15.2. The topological polar surface area (TPSA) is 60.9 Å². The Balaban J connectivity index is 1.27. The first kappa shape index (κ1) is 19.8. The predicted molar refractivity (Wildman–Crippen MR) is 126 cm³/mol. The van der Waals surface area contributed by atoms with E-state index >= 15 is 0 Å². The van der Waals surface area contributed by atoms with Crippen molar-refractivity contribution in [2.75, 3.05) is 36.0 Å². The maximum atomic E-state index is 6.13. The largest absolute Gasteiger partial charge is 0.353 e. The van der Waals surface area contributed by atoms with Crippen LogP contribution in [0.25, 0.3) is 22.6 Å².